The Morgan fingerprint density at radius 1 is 1.31 bits per heavy atom. The highest BCUT2D eigenvalue weighted by Crippen LogP contribution is 2.14. The molecule has 16 heavy (non-hydrogen) atoms. The molecule has 0 bridgehead atoms. The highest BCUT2D eigenvalue weighted by molar-refractivity contribution is 5.94. The fourth-order valence-electron chi connectivity index (χ4n) is 1.14. The second-order valence-corrected chi connectivity index (χ2v) is 3.08. The SMILES string of the molecule is C=CCCNC(=O)c1c(F)cc(F)cc1F. The Labute approximate surface area is 90.8 Å². The summed E-state index contributed by atoms with van der Waals surface area (Å²) in [7, 11) is 0. The zero-order valence-electron chi connectivity index (χ0n) is 8.40. The van der Waals surface area contributed by atoms with Gasteiger partial charge in [-0.3, -0.25) is 4.79 Å². The van der Waals surface area contributed by atoms with Gasteiger partial charge in [0.25, 0.3) is 5.91 Å². The summed E-state index contributed by atoms with van der Waals surface area (Å²) < 4.78 is 38.8. The zero-order valence-corrected chi connectivity index (χ0v) is 8.40. The third-order valence-electron chi connectivity index (χ3n) is 1.87. The first-order chi connectivity index (χ1) is 7.56. The lowest BCUT2D eigenvalue weighted by Crippen LogP contribution is -2.26. The molecule has 1 amide bonds. The highest BCUT2D eigenvalue weighted by Gasteiger charge is 2.18. The molecule has 0 fully saturated rings. The molecule has 1 rings (SSSR count). The van der Waals surface area contributed by atoms with E-state index in [1.165, 1.54) is 0 Å². The number of carbonyl (C=O) groups excluding carboxylic acids is 1. The maximum Gasteiger partial charge on any atom is 0.257 e. The number of amides is 1. The summed E-state index contributed by atoms with van der Waals surface area (Å²) in [4.78, 5) is 11.3. The number of benzene rings is 1. The first-order valence-corrected chi connectivity index (χ1v) is 4.60. The average Bonchev–Trinajstić information content (AvgIpc) is 2.16. The van der Waals surface area contributed by atoms with Crippen LogP contribution in [0.4, 0.5) is 13.2 Å². The van der Waals surface area contributed by atoms with Gasteiger partial charge in [0.2, 0.25) is 0 Å². The van der Waals surface area contributed by atoms with Crippen LogP contribution in [0.3, 0.4) is 0 Å². The van der Waals surface area contributed by atoms with Crippen LogP contribution in [0.1, 0.15) is 16.8 Å². The van der Waals surface area contributed by atoms with E-state index in [1.807, 2.05) is 0 Å². The maximum atomic E-state index is 13.1. The molecule has 0 aromatic heterocycles. The molecule has 0 atom stereocenters. The van der Waals surface area contributed by atoms with Crippen molar-refractivity contribution in [2.75, 3.05) is 6.54 Å². The van der Waals surface area contributed by atoms with Crippen molar-refractivity contribution in [2.45, 2.75) is 6.42 Å². The second kappa shape index (κ2) is 5.34. The quantitative estimate of drug-likeness (QED) is 0.623. The lowest BCUT2D eigenvalue weighted by Gasteiger charge is -2.05. The number of carbonyl (C=O) groups is 1. The summed E-state index contributed by atoms with van der Waals surface area (Å²) >= 11 is 0. The van der Waals surface area contributed by atoms with Crippen LogP contribution in [0.5, 0.6) is 0 Å². The van der Waals surface area contributed by atoms with Gasteiger partial charge in [-0.15, -0.1) is 6.58 Å². The Kier molecular flexibility index (Phi) is 4.10. The monoisotopic (exact) mass is 229 g/mol. The van der Waals surface area contributed by atoms with Crippen molar-refractivity contribution in [1.82, 2.24) is 5.32 Å². The summed E-state index contributed by atoms with van der Waals surface area (Å²) in [5.41, 5.74) is -0.773. The summed E-state index contributed by atoms with van der Waals surface area (Å²) in [5, 5.41) is 2.29. The van der Waals surface area contributed by atoms with Crippen LogP contribution < -0.4 is 5.32 Å². The fourth-order valence-corrected chi connectivity index (χ4v) is 1.14. The summed E-state index contributed by atoms with van der Waals surface area (Å²) in [6.07, 6.45) is 2.04. The van der Waals surface area contributed by atoms with Gasteiger partial charge in [-0.05, 0) is 6.42 Å². The van der Waals surface area contributed by atoms with Crippen LogP contribution in [0.15, 0.2) is 24.8 Å². The van der Waals surface area contributed by atoms with Crippen LogP contribution in [-0.4, -0.2) is 12.5 Å². The third kappa shape index (κ3) is 2.85. The molecule has 0 aliphatic rings. The van der Waals surface area contributed by atoms with Crippen molar-refractivity contribution in [3.63, 3.8) is 0 Å². The Hall–Kier alpha value is -1.78. The smallest absolute Gasteiger partial charge is 0.257 e. The zero-order chi connectivity index (χ0) is 12.1. The Morgan fingerprint density at radius 3 is 2.38 bits per heavy atom. The first kappa shape index (κ1) is 12.3. The molecule has 0 aliphatic carbocycles. The van der Waals surface area contributed by atoms with Crippen molar-refractivity contribution in [3.05, 3.63) is 47.8 Å². The molecule has 0 spiro atoms. The summed E-state index contributed by atoms with van der Waals surface area (Å²) in [6, 6.07) is 0.928. The van der Waals surface area contributed by atoms with E-state index in [0.29, 0.717) is 18.6 Å². The third-order valence-corrected chi connectivity index (χ3v) is 1.87. The molecule has 0 aliphatic heterocycles. The Bertz CT molecular complexity index is 395. The van der Waals surface area contributed by atoms with Crippen molar-refractivity contribution in [2.24, 2.45) is 0 Å². The molecule has 0 saturated carbocycles. The number of hydrogen-bond acceptors (Lipinski definition) is 1. The van der Waals surface area contributed by atoms with Crippen LogP contribution in [0.2, 0.25) is 0 Å². The van der Waals surface area contributed by atoms with Gasteiger partial charge in [-0.2, -0.15) is 0 Å². The average molecular weight is 229 g/mol. The molecule has 1 aromatic carbocycles. The van der Waals surface area contributed by atoms with Gasteiger partial charge in [-0.1, -0.05) is 6.08 Å². The van der Waals surface area contributed by atoms with Gasteiger partial charge in [0.05, 0.1) is 0 Å². The maximum absolute atomic E-state index is 13.1. The fraction of sp³-hybridized carbons (Fsp3) is 0.182. The van der Waals surface area contributed by atoms with E-state index in [-0.39, 0.29) is 6.54 Å². The van der Waals surface area contributed by atoms with Crippen molar-refractivity contribution in [3.8, 4) is 0 Å². The summed E-state index contributed by atoms with van der Waals surface area (Å²) in [6.45, 7) is 3.65. The Balaban J connectivity index is 2.86. The van der Waals surface area contributed by atoms with Crippen LogP contribution >= 0.6 is 0 Å². The number of rotatable bonds is 4. The molecule has 0 unspecified atom stereocenters. The molecule has 1 N–H and O–H groups in total. The van der Waals surface area contributed by atoms with E-state index >= 15 is 0 Å². The van der Waals surface area contributed by atoms with Gasteiger partial charge in [-0.25, -0.2) is 13.2 Å². The minimum absolute atomic E-state index is 0.221. The lowest BCUT2D eigenvalue weighted by atomic mass is 10.1. The molecular weight excluding hydrogens is 219 g/mol. The molecular formula is C11H10F3NO. The van der Waals surface area contributed by atoms with Crippen molar-refractivity contribution >= 4 is 5.91 Å². The summed E-state index contributed by atoms with van der Waals surface area (Å²) in [5.74, 6) is -4.39. The van der Waals surface area contributed by atoms with Gasteiger partial charge in [0, 0.05) is 18.7 Å². The van der Waals surface area contributed by atoms with Crippen LogP contribution in [0, 0.1) is 17.5 Å². The van der Waals surface area contributed by atoms with E-state index in [1.54, 1.807) is 6.08 Å². The van der Waals surface area contributed by atoms with Gasteiger partial charge in [0.1, 0.15) is 23.0 Å². The van der Waals surface area contributed by atoms with Crippen LogP contribution in [-0.2, 0) is 0 Å². The van der Waals surface area contributed by atoms with Crippen LogP contribution in [0.25, 0.3) is 0 Å². The molecule has 1 aromatic rings. The Morgan fingerprint density at radius 2 is 1.88 bits per heavy atom. The van der Waals surface area contributed by atoms with E-state index in [9.17, 15) is 18.0 Å². The number of halogens is 3. The molecule has 0 radical (unpaired) electrons. The predicted molar refractivity (Wildman–Crippen MR) is 53.5 cm³/mol. The second-order valence-electron chi connectivity index (χ2n) is 3.08. The minimum Gasteiger partial charge on any atom is -0.352 e. The van der Waals surface area contributed by atoms with Gasteiger partial charge >= 0.3 is 0 Å². The van der Waals surface area contributed by atoms with Gasteiger partial charge < -0.3 is 5.32 Å². The molecule has 2 nitrogen and oxygen atoms in total. The molecule has 0 heterocycles. The lowest BCUT2D eigenvalue weighted by molar-refractivity contribution is 0.0946. The van der Waals surface area contributed by atoms with Crippen molar-refractivity contribution in [1.29, 1.82) is 0 Å². The number of nitrogens with one attached hydrogen (secondary N) is 1. The first-order valence-electron chi connectivity index (χ1n) is 4.60. The topological polar surface area (TPSA) is 29.1 Å². The van der Waals surface area contributed by atoms with E-state index < -0.39 is 28.9 Å². The molecule has 5 heteroatoms. The molecule has 86 valence electrons. The normalized spacial score (nSPS) is 9.94. The standard InChI is InChI=1S/C11H10F3NO/c1-2-3-4-15-11(16)10-8(13)5-7(12)6-9(10)14/h2,5-6H,1,3-4H2,(H,15,16). The predicted octanol–water partition coefficient (Wildman–Crippen LogP) is 2.41. The number of hydrogen-bond donors (Lipinski definition) is 1. The largest absolute Gasteiger partial charge is 0.352 e. The van der Waals surface area contributed by atoms with E-state index in [0.717, 1.165) is 0 Å². The highest BCUT2D eigenvalue weighted by atomic mass is 19.1. The van der Waals surface area contributed by atoms with E-state index in [2.05, 4.69) is 11.9 Å². The van der Waals surface area contributed by atoms with Gasteiger partial charge in [0.15, 0.2) is 0 Å². The minimum atomic E-state index is -1.21. The van der Waals surface area contributed by atoms with Crippen molar-refractivity contribution < 1.29 is 18.0 Å². The van der Waals surface area contributed by atoms with E-state index in [4.69, 9.17) is 0 Å². The molecule has 0 saturated heterocycles.